The lowest BCUT2D eigenvalue weighted by molar-refractivity contribution is 0.713. The summed E-state index contributed by atoms with van der Waals surface area (Å²) in [5, 5.41) is 11.5. The number of thiophene rings is 1. The van der Waals surface area contributed by atoms with Crippen LogP contribution in [-0.4, -0.2) is 9.55 Å². The zero-order chi connectivity index (χ0) is 19.8. The first-order valence-electron chi connectivity index (χ1n) is 8.79. The zero-order valence-corrected chi connectivity index (χ0v) is 16.3. The van der Waals surface area contributed by atoms with Crippen molar-refractivity contribution in [1.29, 1.82) is 5.26 Å². The van der Waals surface area contributed by atoms with Gasteiger partial charge in [-0.1, -0.05) is 35.9 Å². The van der Waals surface area contributed by atoms with Crippen molar-refractivity contribution in [2.45, 2.75) is 20.4 Å². The lowest BCUT2D eigenvalue weighted by atomic mass is 9.99. The molecule has 0 saturated heterocycles. The van der Waals surface area contributed by atoms with E-state index in [1.807, 2.05) is 31.4 Å². The number of hydrogen-bond acceptors (Lipinski definition) is 4. The van der Waals surface area contributed by atoms with Crippen LogP contribution in [0.1, 0.15) is 22.3 Å². The molecule has 2 aromatic heterocycles. The minimum absolute atomic E-state index is 0.113. The molecule has 4 aromatic rings. The topological polar surface area (TPSA) is 78.7 Å². The Morgan fingerprint density at radius 3 is 2.68 bits per heavy atom. The third-order valence-corrected chi connectivity index (χ3v) is 5.68. The molecule has 0 aliphatic rings. The zero-order valence-electron chi connectivity index (χ0n) is 15.4. The van der Waals surface area contributed by atoms with Crippen molar-refractivity contribution in [3.05, 3.63) is 90.9 Å². The van der Waals surface area contributed by atoms with Gasteiger partial charge in [-0.05, 0) is 42.7 Å². The van der Waals surface area contributed by atoms with Crippen LogP contribution in [0.5, 0.6) is 0 Å². The van der Waals surface area contributed by atoms with E-state index in [9.17, 15) is 9.59 Å². The maximum Gasteiger partial charge on any atom is 0.329 e. The lowest BCUT2D eigenvalue weighted by Crippen LogP contribution is -2.35. The molecular weight excluding hydrogens is 370 g/mol. The molecule has 0 unspecified atom stereocenters. The summed E-state index contributed by atoms with van der Waals surface area (Å²) < 4.78 is 1.19. The van der Waals surface area contributed by atoms with Crippen LogP contribution in [0, 0.1) is 25.2 Å². The fourth-order valence-electron chi connectivity index (χ4n) is 3.43. The summed E-state index contributed by atoms with van der Waals surface area (Å²) in [5.41, 5.74) is 4.51. The van der Waals surface area contributed by atoms with E-state index in [1.165, 1.54) is 15.9 Å². The van der Waals surface area contributed by atoms with Crippen molar-refractivity contribution >= 4 is 21.6 Å². The molecule has 4 rings (SSSR count). The van der Waals surface area contributed by atoms with Gasteiger partial charge in [-0.2, -0.15) is 5.26 Å². The van der Waals surface area contributed by atoms with Crippen LogP contribution in [0.15, 0.2) is 57.4 Å². The molecule has 0 spiro atoms. The number of benzene rings is 2. The summed E-state index contributed by atoms with van der Waals surface area (Å²) in [5.74, 6) is 0. The molecule has 0 aliphatic carbocycles. The Hall–Kier alpha value is -3.43. The molecule has 0 amide bonds. The van der Waals surface area contributed by atoms with Crippen molar-refractivity contribution < 1.29 is 0 Å². The highest BCUT2D eigenvalue weighted by molar-refractivity contribution is 7.17. The monoisotopic (exact) mass is 387 g/mol. The Bertz CT molecular complexity index is 1370. The van der Waals surface area contributed by atoms with Crippen molar-refractivity contribution in [3.8, 4) is 17.2 Å². The highest BCUT2D eigenvalue weighted by atomic mass is 32.1. The molecule has 0 saturated carbocycles. The number of nitrogens with zero attached hydrogens (tertiary/aromatic N) is 2. The van der Waals surface area contributed by atoms with Gasteiger partial charge in [0, 0.05) is 10.9 Å². The lowest BCUT2D eigenvalue weighted by Gasteiger charge is -2.08. The molecule has 0 atom stereocenters. The van der Waals surface area contributed by atoms with E-state index < -0.39 is 5.69 Å². The Labute approximate surface area is 165 Å². The third-order valence-electron chi connectivity index (χ3n) is 4.78. The van der Waals surface area contributed by atoms with E-state index in [0.29, 0.717) is 15.8 Å². The number of nitrogens with one attached hydrogen (secondary N) is 1. The normalized spacial score (nSPS) is 10.9. The summed E-state index contributed by atoms with van der Waals surface area (Å²) in [4.78, 5) is 29.2. The van der Waals surface area contributed by atoms with E-state index >= 15 is 0 Å². The molecule has 0 bridgehead atoms. The minimum atomic E-state index is -0.450. The van der Waals surface area contributed by atoms with Gasteiger partial charge in [-0.15, -0.1) is 11.3 Å². The van der Waals surface area contributed by atoms with Crippen molar-refractivity contribution in [3.63, 3.8) is 0 Å². The molecule has 0 aliphatic heterocycles. The number of fused-ring (bicyclic) bond motifs is 1. The number of aryl methyl sites for hydroxylation is 2. The van der Waals surface area contributed by atoms with Gasteiger partial charge in [0.15, 0.2) is 0 Å². The predicted octanol–water partition coefficient (Wildman–Crippen LogP) is 3.96. The number of aromatic amines is 1. The summed E-state index contributed by atoms with van der Waals surface area (Å²) in [6, 6.07) is 15.1. The Morgan fingerprint density at radius 2 is 1.93 bits per heavy atom. The van der Waals surface area contributed by atoms with Gasteiger partial charge in [0.25, 0.3) is 5.56 Å². The van der Waals surface area contributed by atoms with E-state index in [2.05, 4.69) is 17.1 Å². The number of hydrogen-bond donors (Lipinski definition) is 1. The maximum atomic E-state index is 13.2. The molecule has 138 valence electrons. The second-order valence-electron chi connectivity index (χ2n) is 6.81. The average molecular weight is 387 g/mol. The Balaban J connectivity index is 1.91. The van der Waals surface area contributed by atoms with Crippen molar-refractivity contribution in [2.24, 2.45) is 0 Å². The van der Waals surface area contributed by atoms with Crippen LogP contribution in [0.3, 0.4) is 0 Å². The Kier molecular flexibility index (Phi) is 4.46. The first kappa shape index (κ1) is 18.0. The molecule has 0 radical (unpaired) electrons. The van der Waals surface area contributed by atoms with Crippen molar-refractivity contribution in [1.82, 2.24) is 9.55 Å². The molecule has 6 heteroatoms. The quantitative estimate of drug-likeness (QED) is 0.578. The molecule has 2 heterocycles. The van der Waals surface area contributed by atoms with Gasteiger partial charge in [-0.25, -0.2) is 4.79 Å². The van der Waals surface area contributed by atoms with Gasteiger partial charge < -0.3 is 0 Å². The highest BCUT2D eigenvalue weighted by Gasteiger charge is 2.16. The summed E-state index contributed by atoms with van der Waals surface area (Å²) in [7, 11) is 0. The fourth-order valence-corrected chi connectivity index (χ4v) is 4.38. The van der Waals surface area contributed by atoms with Gasteiger partial charge in [-0.3, -0.25) is 14.3 Å². The average Bonchev–Trinajstić information content (AvgIpc) is 3.09. The third kappa shape index (κ3) is 3.06. The predicted molar refractivity (Wildman–Crippen MR) is 112 cm³/mol. The first-order valence-corrected chi connectivity index (χ1v) is 9.67. The second-order valence-corrected chi connectivity index (χ2v) is 7.69. The molecular formula is C22H17N3O2S. The maximum absolute atomic E-state index is 13.2. The molecule has 2 aromatic carbocycles. The van der Waals surface area contributed by atoms with E-state index in [-0.39, 0.29) is 12.1 Å². The number of rotatable bonds is 3. The SMILES string of the molecule is Cc1ccc(-c2csc3[nH]c(=O)n(Cc4cccc(C#N)c4)c(=O)c23)c(C)c1. The number of aromatic nitrogens is 2. The number of nitriles is 1. The van der Waals surface area contributed by atoms with Gasteiger partial charge in [0.2, 0.25) is 0 Å². The van der Waals surface area contributed by atoms with Gasteiger partial charge in [0.1, 0.15) is 4.83 Å². The van der Waals surface area contributed by atoms with Crippen LogP contribution >= 0.6 is 11.3 Å². The highest BCUT2D eigenvalue weighted by Crippen LogP contribution is 2.32. The fraction of sp³-hybridized carbons (Fsp3) is 0.136. The van der Waals surface area contributed by atoms with Crippen LogP contribution < -0.4 is 11.2 Å². The first-order chi connectivity index (χ1) is 13.5. The minimum Gasteiger partial charge on any atom is -0.298 e. The van der Waals surface area contributed by atoms with Gasteiger partial charge in [0.05, 0.1) is 23.6 Å². The van der Waals surface area contributed by atoms with Crippen LogP contribution in [0.25, 0.3) is 21.3 Å². The second kappa shape index (κ2) is 6.95. The molecule has 28 heavy (non-hydrogen) atoms. The largest absolute Gasteiger partial charge is 0.329 e. The summed E-state index contributed by atoms with van der Waals surface area (Å²) in [6.07, 6.45) is 0. The smallest absolute Gasteiger partial charge is 0.298 e. The van der Waals surface area contributed by atoms with Gasteiger partial charge >= 0.3 is 5.69 Å². The van der Waals surface area contributed by atoms with E-state index in [0.717, 1.165) is 27.8 Å². The summed E-state index contributed by atoms with van der Waals surface area (Å²) >= 11 is 1.36. The molecule has 1 N–H and O–H groups in total. The summed E-state index contributed by atoms with van der Waals surface area (Å²) in [6.45, 7) is 4.16. The van der Waals surface area contributed by atoms with Crippen LogP contribution in [0.4, 0.5) is 0 Å². The van der Waals surface area contributed by atoms with E-state index in [4.69, 9.17) is 5.26 Å². The molecule has 0 fully saturated rings. The number of H-pyrrole nitrogens is 1. The van der Waals surface area contributed by atoms with Crippen molar-refractivity contribution in [2.75, 3.05) is 0 Å². The Morgan fingerprint density at radius 1 is 1.11 bits per heavy atom. The standard InChI is InChI=1S/C22H17N3O2S/c1-13-6-7-17(14(2)8-13)18-12-28-20-19(18)21(26)25(22(27)24-20)11-16-5-3-4-15(9-16)10-23/h3-9,12H,11H2,1-2H3,(H,24,27). The van der Waals surface area contributed by atoms with Crippen LogP contribution in [0.2, 0.25) is 0 Å². The van der Waals surface area contributed by atoms with Crippen LogP contribution in [-0.2, 0) is 6.54 Å². The van der Waals surface area contributed by atoms with E-state index in [1.54, 1.807) is 24.3 Å². The molecule has 5 nitrogen and oxygen atoms in total.